The third kappa shape index (κ3) is 3.50. The van der Waals surface area contributed by atoms with Crippen LogP contribution >= 0.6 is 11.8 Å². The lowest BCUT2D eigenvalue weighted by Gasteiger charge is -2.18. The minimum atomic E-state index is 0.149. The summed E-state index contributed by atoms with van der Waals surface area (Å²) in [4.78, 5) is 9.10. The number of hydrogen-bond acceptors (Lipinski definition) is 3. The van der Waals surface area contributed by atoms with Gasteiger partial charge in [0.05, 0.1) is 6.04 Å². The van der Waals surface area contributed by atoms with Crippen molar-refractivity contribution in [3.8, 4) is 0 Å². The molecular weight excluding hydrogens is 290 g/mol. The first kappa shape index (κ1) is 15.1. The molecule has 2 aromatic rings. The Labute approximate surface area is 136 Å². The molecule has 1 unspecified atom stereocenters. The van der Waals surface area contributed by atoms with Crippen molar-refractivity contribution in [3.05, 3.63) is 65.0 Å². The highest BCUT2D eigenvalue weighted by Crippen LogP contribution is 2.28. The molecular formula is C18H21N3S. The Balaban J connectivity index is 1.95. The van der Waals surface area contributed by atoms with E-state index in [0.29, 0.717) is 0 Å². The monoisotopic (exact) mass is 311 g/mol. The third-order valence-corrected chi connectivity index (χ3v) is 5.01. The second kappa shape index (κ2) is 6.97. The first-order chi connectivity index (χ1) is 10.7. The number of hydrogen-bond donors (Lipinski definition) is 1. The third-order valence-electron chi connectivity index (χ3n) is 4.07. The number of amidine groups is 1. The van der Waals surface area contributed by atoms with Gasteiger partial charge in [-0.25, -0.2) is 0 Å². The fraction of sp³-hybridized carbons (Fsp3) is 0.333. The minimum absolute atomic E-state index is 0.149. The van der Waals surface area contributed by atoms with Crippen LogP contribution in [0.5, 0.6) is 0 Å². The summed E-state index contributed by atoms with van der Waals surface area (Å²) in [5, 5.41) is 4.45. The van der Waals surface area contributed by atoms with Gasteiger partial charge in [0.1, 0.15) is 0 Å². The molecule has 4 heteroatoms. The summed E-state index contributed by atoms with van der Waals surface area (Å²) in [5.74, 6) is 1.10. The summed E-state index contributed by atoms with van der Waals surface area (Å²) in [6.45, 7) is 5.37. The molecule has 0 radical (unpaired) electrons. The van der Waals surface area contributed by atoms with Crippen molar-refractivity contribution >= 4 is 16.9 Å². The van der Waals surface area contributed by atoms with Crippen molar-refractivity contribution in [2.45, 2.75) is 26.3 Å². The van der Waals surface area contributed by atoms with Gasteiger partial charge in [-0.3, -0.25) is 9.98 Å². The molecule has 1 aliphatic rings. The number of pyridine rings is 1. The van der Waals surface area contributed by atoms with Crippen molar-refractivity contribution in [1.29, 1.82) is 0 Å². The smallest absolute Gasteiger partial charge is 0.157 e. The molecule has 1 saturated heterocycles. The normalized spacial score (nSPS) is 17.5. The van der Waals surface area contributed by atoms with E-state index in [2.05, 4.69) is 54.5 Å². The lowest BCUT2D eigenvalue weighted by atomic mass is 9.94. The highest BCUT2D eigenvalue weighted by atomic mass is 32.2. The second-order valence-electron chi connectivity index (χ2n) is 5.57. The van der Waals surface area contributed by atoms with E-state index in [1.807, 2.05) is 24.2 Å². The van der Waals surface area contributed by atoms with Crippen molar-refractivity contribution in [3.63, 3.8) is 0 Å². The predicted octanol–water partition coefficient (Wildman–Crippen LogP) is 3.67. The quantitative estimate of drug-likeness (QED) is 0.936. The van der Waals surface area contributed by atoms with Crippen LogP contribution < -0.4 is 5.32 Å². The van der Waals surface area contributed by atoms with E-state index in [1.54, 1.807) is 0 Å². The van der Waals surface area contributed by atoms with Crippen LogP contribution in [0.1, 0.15) is 28.3 Å². The summed E-state index contributed by atoms with van der Waals surface area (Å²) in [7, 11) is 0. The van der Waals surface area contributed by atoms with Crippen LogP contribution in [-0.4, -0.2) is 22.4 Å². The predicted molar refractivity (Wildman–Crippen MR) is 94.5 cm³/mol. The molecule has 1 N–H and O–H groups in total. The maximum absolute atomic E-state index is 4.99. The Bertz CT molecular complexity index is 659. The van der Waals surface area contributed by atoms with E-state index in [4.69, 9.17) is 4.99 Å². The van der Waals surface area contributed by atoms with Crippen molar-refractivity contribution in [2.75, 3.05) is 12.3 Å². The first-order valence-corrected chi connectivity index (χ1v) is 8.62. The first-order valence-electron chi connectivity index (χ1n) is 7.63. The van der Waals surface area contributed by atoms with E-state index in [0.717, 1.165) is 23.9 Å². The maximum atomic E-state index is 4.99. The highest BCUT2D eigenvalue weighted by molar-refractivity contribution is 8.14. The van der Waals surface area contributed by atoms with Gasteiger partial charge in [-0.2, -0.15) is 0 Å². The zero-order valence-electron chi connectivity index (χ0n) is 13.0. The summed E-state index contributed by atoms with van der Waals surface area (Å²) in [5.41, 5.74) is 5.25. The summed E-state index contributed by atoms with van der Waals surface area (Å²) in [6.07, 6.45) is 4.61. The number of nitrogens with one attached hydrogen (secondary N) is 1. The van der Waals surface area contributed by atoms with Crippen LogP contribution in [0.4, 0.5) is 0 Å². The molecule has 3 rings (SSSR count). The van der Waals surface area contributed by atoms with Crippen LogP contribution in [0.2, 0.25) is 0 Å². The molecule has 1 atom stereocenters. The zero-order valence-corrected chi connectivity index (χ0v) is 13.9. The average Bonchev–Trinajstić information content (AvgIpc) is 3.03. The molecule has 1 aromatic carbocycles. The topological polar surface area (TPSA) is 37.3 Å². The SMILES string of the molecule is Cc1cccc(C(Cc2ccncc2)/N=C2/NCCS2)c1C. The summed E-state index contributed by atoms with van der Waals surface area (Å²) in [6, 6.07) is 10.8. The van der Waals surface area contributed by atoms with Crippen LogP contribution in [0.25, 0.3) is 0 Å². The Morgan fingerprint density at radius 1 is 1.23 bits per heavy atom. The second-order valence-corrected chi connectivity index (χ2v) is 6.66. The van der Waals surface area contributed by atoms with Crippen LogP contribution in [-0.2, 0) is 6.42 Å². The highest BCUT2D eigenvalue weighted by Gasteiger charge is 2.17. The Hall–Kier alpha value is -1.81. The van der Waals surface area contributed by atoms with Gasteiger partial charge in [-0.15, -0.1) is 0 Å². The van der Waals surface area contributed by atoms with Crippen molar-refractivity contribution in [2.24, 2.45) is 4.99 Å². The van der Waals surface area contributed by atoms with E-state index in [9.17, 15) is 0 Å². The minimum Gasteiger partial charge on any atom is -0.364 e. The van der Waals surface area contributed by atoms with Crippen molar-refractivity contribution in [1.82, 2.24) is 10.3 Å². The number of nitrogens with zero attached hydrogens (tertiary/aromatic N) is 2. The summed E-state index contributed by atoms with van der Waals surface area (Å²) < 4.78 is 0. The zero-order chi connectivity index (χ0) is 15.4. The van der Waals surface area contributed by atoms with Gasteiger partial charge in [-0.1, -0.05) is 30.0 Å². The fourth-order valence-corrected chi connectivity index (χ4v) is 3.49. The number of aliphatic imine (C=N–C) groups is 1. The molecule has 0 saturated carbocycles. The number of rotatable bonds is 4. The summed E-state index contributed by atoms with van der Waals surface area (Å²) >= 11 is 1.81. The van der Waals surface area contributed by atoms with Gasteiger partial charge < -0.3 is 5.32 Å². The van der Waals surface area contributed by atoms with E-state index >= 15 is 0 Å². The van der Waals surface area contributed by atoms with Gasteiger partial charge in [0, 0.05) is 24.7 Å². The molecule has 0 aliphatic carbocycles. The van der Waals surface area contributed by atoms with Crippen LogP contribution in [0.15, 0.2) is 47.7 Å². The molecule has 0 spiro atoms. The van der Waals surface area contributed by atoms with Gasteiger partial charge >= 0.3 is 0 Å². The van der Waals surface area contributed by atoms with E-state index < -0.39 is 0 Å². The molecule has 3 nitrogen and oxygen atoms in total. The van der Waals surface area contributed by atoms with Crippen LogP contribution in [0, 0.1) is 13.8 Å². The van der Waals surface area contributed by atoms with E-state index in [1.165, 1.54) is 22.3 Å². The standard InChI is InChI=1S/C18H21N3S/c1-13-4-3-5-16(14(13)2)17(21-18-20-10-11-22-18)12-15-6-8-19-9-7-15/h3-9,17H,10-12H2,1-2H3,(H,20,21). The fourth-order valence-electron chi connectivity index (χ4n) is 2.68. The molecule has 0 amide bonds. The Kier molecular flexibility index (Phi) is 4.78. The van der Waals surface area contributed by atoms with Gasteiger partial charge in [-0.05, 0) is 54.7 Å². The lowest BCUT2D eigenvalue weighted by molar-refractivity contribution is 0.714. The Morgan fingerprint density at radius 2 is 2.05 bits per heavy atom. The number of thioether (sulfide) groups is 1. The molecule has 1 aliphatic heterocycles. The van der Waals surface area contributed by atoms with Crippen molar-refractivity contribution < 1.29 is 0 Å². The largest absolute Gasteiger partial charge is 0.364 e. The lowest BCUT2D eigenvalue weighted by Crippen LogP contribution is -2.15. The molecule has 1 fully saturated rings. The van der Waals surface area contributed by atoms with Gasteiger partial charge in [0.15, 0.2) is 5.17 Å². The average molecular weight is 311 g/mol. The molecule has 1 aromatic heterocycles. The van der Waals surface area contributed by atoms with Crippen LogP contribution in [0.3, 0.4) is 0 Å². The molecule has 22 heavy (non-hydrogen) atoms. The maximum Gasteiger partial charge on any atom is 0.157 e. The molecule has 0 bridgehead atoms. The van der Waals surface area contributed by atoms with Gasteiger partial charge in [0.2, 0.25) is 0 Å². The number of benzene rings is 1. The molecule has 2 heterocycles. The van der Waals surface area contributed by atoms with E-state index in [-0.39, 0.29) is 6.04 Å². The Morgan fingerprint density at radius 3 is 2.77 bits per heavy atom. The number of aryl methyl sites for hydroxylation is 1. The molecule has 114 valence electrons. The number of aromatic nitrogens is 1. The van der Waals surface area contributed by atoms with Gasteiger partial charge in [0.25, 0.3) is 0 Å².